The second-order valence-electron chi connectivity index (χ2n) is 14.8. The summed E-state index contributed by atoms with van der Waals surface area (Å²) in [6.07, 6.45) is 0.190. The Morgan fingerprint density at radius 2 is 1.65 bits per heavy atom. The molecule has 1 aromatic heterocycles. The normalized spacial score (nSPS) is 23.0. The van der Waals surface area contributed by atoms with Crippen LogP contribution >= 0.6 is 0 Å². The van der Waals surface area contributed by atoms with Gasteiger partial charge >= 0.3 is 0 Å². The van der Waals surface area contributed by atoms with Crippen LogP contribution in [0.15, 0.2) is 75.6 Å². The minimum Gasteiger partial charge on any atom is -0.510 e. The number of ketones is 2. The Bertz CT molecular complexity index is 1980. The Labute approximate surface area is 302 Å². The van der Waals surface area contributed by atoms with Crippen molar-refractivity contribution < 1.29 is 39.2 Å². The summed E-state index contributed by atoms with van der Waals surface area (Å²) in [6, 6.07) is 14.4. The number of phenols is 1. The molecule has 0 unspecified atom stereocenters. The third-order valence-electron chi connectivity index (χ3n) is 10.6. The number of aromatic hydroxyl groups is 1. The maximum atomic E-state index is 14.5. The molecule has 276 valence electrons. The number of hydrogen-bond donors (Lipinski definition) is 5. The van der Waals surface area contributed by atoms with Crippen molar-refractivity contribution in [2.24, 2.45) is 17.6 Å². The van der Waals surface area contributed by atoms with Crippen LogP contribution in [0.3, 0.4) is 0 Å². The molecule has 13 heteroatoms. The highest BCUT2D eigenvalue weighted by Gasteiger charge is 2.63. The Hall–Kier alpha value is -4.95. The van der Waals surface area contributed by atoms with Gasteiger partial charge in [-0.05, 0) is 76.3 Å². The predicted octanol–water partition coefficient (Wildman–Crippen LogP) is 3.01. The number of anilines is 1. The molecule has 0 bridgehead atoms. The van der Waals surface area contributed by atoms with Crippen LogP contribution in [0, 0.1) is 11.8 Å². The summed E-state index contributed by atoms with van der Waals surface area (Å²) in [4.78, 5) is 48.2. The maximum Gasteiger partial charge on any atom is 0.255 e. The second-order valence-corrected chi connectivity index (χ2v) is 14.8. The van der Waals surface area contributed by atoms with E-state index in [0.717, 1.165) is 18.7 Å². The van der Waals surface area contributed by atoms with Crippen LogP contribution < -0.4 is 10.6 Å². The number of phenolic OH excluding ortho intramolecular Hbond substituents is 1. The highest BCUT2D eigenvalue weighted by atomic mass is 16.4. The molecule has 3 aliphatic rings. The van der Waals surface area contributed by atoms with E-state index in [1.54, 1.807) is 26.2 Å². The van der Waals surface area contributed by atoms with Crippen LogP contribution in [0.1, 0.15) is 33.7 Å². The number of furan rings is 1. The number of carbonyl (C=O) groups excluding carboxylic acids is 3. The number of fused-ring (bicyclic) bond motifs is 3. The number of allylic oxidation sites excluding steroid dienone is 1. The highest BCUT2D eigenvalue weighted by molar-refractivity contribution is 6.25. The Kier molecular flexibility index (Phi) is 9.83. The van der Waals surface area contributed by atoms with Gasteiger partial charge in [0.2, 0.25) is 5.78 Å². The molecule has 0 aliphatic heterocycles. The fraction of sp³-hybridized carbons (Fsp3) is 0.410. The van der Waals surface area contributed by atoms with Gasteiger partial charge in [0, 0.05) is 50.9 Å². The molecule has 0 saturated heterocycles. The number of hydrogen-bond acceptors (Lipinski definition) is 12. The van der Waals surface area contributed by atoms with Gasteiger partial charge in [-0.25, -0.2) is 0 Å². The van der Waals surface area contributed by atoms with Gasteiger partial charge in [0.05, 0.1) is 23.7 Å². The summed E-state index contributed by atoms with van der Waals surface area (Å²) in [5, 5.41) is 46.6. The van der Waals surface area contributed by atoms with Crippen LogP contribution in [-0.4, -0.2) is 120 Å². The molecule has 52 heavy (non-hydrogen) atoms. The van der Waals surface area contributed by atoms with E-state index in [4.69, 9.17) is 10.2 Å². The maximum absolute atomic E-state index is 14.5. The van der Waals surface area contributed by atoms with E-state index < -0.39 is 58.0 Å². The van der Waals surface area contributed by atoms with Crippen LogP contribution in [-0.2, 0) is 29.1 Å². The van der Waals surface area contributed by atoms with Gasteiger partial charge in [0.25, 0.3) is 5.91 Å². The van der Waals surface area contributed by atoms with Crippen molar-refractivity contribution in [3.8, 4) is 17.1 Å². The number of amides is 1. The number of likely N-dealkylation sites (N-methyl/N-ethyl adjacent to an activating group) is 2. The van der Waals surface area contributed by atoms with Crippen molar-refractivity contribution in [1.82, 2.24) is 14.7 Å². The zero-order valence-electron chi connectivity index (χ0n) is 30.4. The van der Waals surface area contributed by atoms with E-state index in [1.807, 2.05) is 57.4 Å². The molecule has 3 aromatic rings. The second kappa shape index (κ2) is 13.9. The molecular formula is C39H47N5O8. The summed E-state index contributed by atoms with van der Waals surface area (Å²) in [7, 11) is 10.9. The lowest BCUT2D eigenvalue weighted by Gasteiger charge is -2.50. The zero-order chi connectivity index (χ0) is 37.8. The van der Waals surface area contributed by atoms with Crippen molar-refractivity contribution in [1.29, 1.82) is 0 Å². The number of carbonyl (C=O) groups is 3. The van der Waals surface area contributed by atoms with Crippen LogP contribution in [0.5, 0.6) is 5.75 Å². The third kappa shape index (κ3) is 6.17. The lowest BCUT2D eigenvalue weighted by atomic mass is 9.58. The van der Waals surface area contributed by atoms with Gasteiger partial charge in [0.15, 0.2) is 11.4 Å². The van der Waals surface area contributed by atoms with Crippen molar-refractivity contribution >= 4 is 23.2 Å². The van der Waals surface area contributed by atoms with Crippen molar-refractivity contribution in [3.63, 3.8) is 0 Å². The predicted molar refractivity (Wildman–Crippen MR) is 195 cm³/mol. The summed E-state index contributed by atoms with van der Waals surface area (Å²) >= 11 is 0. The number of nitrogens with zero attached hydrogens (tertiary/aromatic N) is 4. The van der Waals surface area contributed by atoms with E-state index in [1.165, 1.54) is 4.90 Å². The van der Waals surface area contributed by atoms with Gasteiger partial charge in [0.1, 0.15) is 34.4 Å². The van der Waals surface area contributed by atoms with E-state index >= 15 is 0 Å². The van der Waals surface area contributed by atoms with Gasteiger partial charge in [-0.3, -0.25) is 24.2 Å². The van der Waals surface area contributed by atoms with Gasteiger partial charge in [-0.2, -0.15) is 0 Å². The fourth-order valence-corrected chi connectivity index (χ4v) is 8.11. The summed E-state index contributed by atoms with van der Waals surface area (Å²) < 4.78 is 6.33. The third-order valence-corrected chi connectivity index (χ3v) is 10.6. The average molecular weight is 714 g/mol. The van der Waals surface area contributed by atoms with Crippen molar-refractivity contribution in [2.45, 2.75) is 37.6 Å². The minimum absolute atomic E-state index is 0.00991. The standard InChI is InChI=1S/C39H47N5O8/c1-41(2)14-15-44(19-21-10-8-7-9-11-21)20-23-12-13-28(52-23)25-18-27(42(3)4)24-16-22-17-26-32(43(5)6)35(47)31(38(40)50)37(49)39(26,51)36(48)29(22)34(46)30(24)33(25)45/h7-13,18,22,26,32,45,47-48,51H,14-17,19-20H2,1-6H3,(H2,40,50)/t22-,26-,32-,39-/m1/s1. The first-order chi connectivity index (χ1) is 24.6. The van der Waals surface area contributed by atoms with Crippen molar-refractivity contribution in [2.75, 3.05) is 60.3 Å². The Morgan fingerprint density at radius 1 is 0.962 bits per heavy atom. The molecule has 4 atom stereocenters. The number of primary amides is 1. The summed E-state index contributed by atoms with van der Waals surface area (Å²) in [6.45, 7) is 2.82. The molecule has 0 spiro atoms. The number of Topliss-reactive ketones (excluding diaryl/α,β-unsaturated/α-hetero) is 2. The largest absolute Gasteiger partial charge is 0.510 e. The molecule has 1 amide bonds. The van der Waals surface area contributed by atoms with Crippen LogP contribution in [0.4, 0.5) is 5.69 Å². The zero-order valence-corrected chi connectivity index (χ0v) is 30.4. The molecule has 13 nitrogen and oxygen atoms in total. The number of benzene rings is 2. The Balaban J connectivity index is 1.41. The first-order valence-corrected chi connectivity index (χ1v) is 17.3. The van der Waals surface area contributed by atoms with Crippen LogP contribution in [0.2, 0.25) is 0 Å². The molecule has 6 N–H and O–H groups in total. The van der Waals surface area contributed by atoms with E-state index in [9.17, 15) is 34.8 Å². The first-order valence-electron chi connectivity index (χ1n) is 17.3. The van der Waals surface area contributed by atoms with Gasteiger partial charge < -0.3 is 40.4 Å². The van der Waals surface area contributed by atoms with E-state index in [0.29, 0.717) is 35.9 Å². The minimum atomic E-state index is -2.71. The number of aliphatic hydroxyl groups is 3. The molecule has 6 rings (SSSR count). The Morgan fingerprint density at radius 3 is 2.27 bits per heavy atom. The smallest absolute Gasteiger partial charge is 0.255 e. The molecule has 1 heterocycles. The molecule has 0 radical (unpaired) electrons. The van der Waals surface area contributed by atoms with E-state index in [2.05, 4.69) is 21.9 Å². The molecule has 0 fully saturated rings. The molecule has 0 saturated carbocycles. The topological polar surface area (TPSA) is 184 Å². The quantitative estimate of drug-likeness (QED) is 0.183. The van der Waals surface area contributed by atoms with E-state index in [-0.39, 0.29) is 35.3 Å². The summed E-state index contributed by atoms with van der Waals surface area (Å²) in [5.74, 6) is -5.94. The lowest BCUT2D eigenvalue weighted by Crippen LogP contribution is -2.63. The first kappa shape index (κ1) is 36.8. The molecular weight excluding hydrogens is 666 g/mol. The fourth-order valence-electron chi connectivity index (χ4n) is 8.11. The lowest BCUT2D eigenvalue weighted by molar-refractivity contribution is -0.148. The number of nitrogens with two attached hydrogens (primary N) is 1. The highest BCUT2D eigenvalue weighted by Crippen LogP contribution is 2.54. The SMILES string of the molecule is CN(C)CCN(Cc1ccccc1)Cc1ccc(-c2cc(N(C)C)c3c(c2O)C(=O)C2=C(O)[C@@]4(O)C(=O)C(C(N)=O)=C(O)[C@H](N(C)C)[C@H]4C[C@H]2C3)o1. The number of aliphatic hydroxyl groups excluding tert-OH is 2. The number of rotatable bonds is 11. The van der Waals surface area contributed by atoms with Gasteiger partial charge in [-0.15, -0.1) is 0 Å². The van der Waals surface area contributed by atoms with Crippen molar-refractivity contribution in [3.05, 3.63) is 93.6 Å². The molecule has 3 aliphatic carbocycles. The summed E-state index contributed by atoms with van der Waals surface area (Å²) in [5.41, 5.74) is 4.23. The van der Waals surface area contributed by atoms with Gasteiger partial charge in [-0.1, -0.05) is 30.3 Å². The van der Waals surface area contributed by atoms with Crippen LogP contribution in [0.25, 0.3) is 11.3 Å². The average Bonchev–Trinajstić information content (AvgIpc) is 3.53. The molecule has 2 aromatic carbocycles. The monoisotopic (exact) mass is 713 g/mol.